The molecule has 0 spiro atoms. The van der Waals surface area contributed by atoms with Gasteiger partial charge in [0.25, 0.3) is 5.91 Å². The van der Waals surface area contributed by atoms with Crippen LogP contribution in [0.1, 0.15) is 10.4 Å². The molecule has 2 heterocycles. The summed E-state index contributed by atoms with van der Waals surface area (Å²) in [5.74, 6) is 1.74. The number of thiazole rings is 1. The first-order valence-electron chi connectivity index (χ1n) is 9.86. The van der Waals surface area contributed by atoms with Crippen molar-refractivity contribution in [2.75, 3.05) is 24.5 Å². The standard InChI is InChI=1S/C24H19N3O4S/c1-29-20-8-3-2-7-18(20)26-24-27-19(13-32-24)15-5-4-6-17(11-15)25-23(28)16-9-10-21-22(12-16)31-14-30-21/h2-13H,14H2,1H3,(H,25,28)(H,26,27). The Labute approximate surface area is 188 Å². The molecule has 32 heavy (non-hydrogen) atoms. The molecule has 1 aliphatic rings. The smallest absolute Gasteiger partial charge is 0.255 e. The van der Waals surface area contributed by atoms with E-state index in [-0.39, 0.29) is 12.7 Å². The maximum absolute atomic E-state index is 12.7. The number of para-hydroxylation sites is 2. The van der Waals surface area contributed by atoms with Crippen LogP contribution in [0, 0.1) is 0 Å². The molecule has 160 valence electrons. The molecule has 0 aliphatic carbocycles. The van der Waals surface area contributed by atoms with E-state index < -0.39 is 0 Å². The van der Waals surface area contributed by atoms with Crippen molar-refractivity contribution < 1.29 is 19.0 Å². The minimum atomic E-state index is -0.225. The van der Waals surface area contributed by atoms with Gasteiger partial charge in [0.05, 0.1) is 18.5 Å². The molecule has 0 saturated carbocycles. The van der Waals surface area contributed by atoms with E-state index in [0.29, 0.717) is 22.7 Å². The number of rotatable bonds is 6. The third-order valence-electron chi connectivity index (χ3n) is 4.90. The number of amides is 1. The molecule has 0 saturated heterocycles. The first-order chi connectivity index (χ1) is 15.7. The Hall–Kier alpha value is -4.04. The van der Waals surface area contributed by atoms with Gasteiger partial charge >= 0.3 is 0 Å². The molecule has 5 rings (SSSR count). The molecule has 1 aromatic heterocycles. The van der Waals surface area contributed by atoms with E-state index in [1.807, 2.05) is 53.9 Å². The maximum atomic E-state index is 12.7. The van der Waals surface area contributed by atoms with Crippen molar-refractivity contribution in [1.82, 2.24) is 4.98 Å². The highest BCUT2D eigenvalue weighted by molar-refractivity contribution is 7.14. The van der Waals surface area contributed by atoms with Crippen LogP contribution >= 0.6 is 11.3 Å². The summed E-state index contributed by atoms with van der Waals surface area (Å²) in [6, 6.07) is 20.4. The van der Waals surface area contributed by atoms with Gasteiger partial charge in [-0.05, 0) is 42.5 Å². The molecule has 4 aromatic rings. The van der Waals surface area contributed by atoms with E-state index in [0.717, 1.165) is 27.8 Å². The van der Waals surface area contributed by atoms with Crippen LogP contribution in [0.15, 0.2) is 72.1 Å². The van der Waals surface area contributed by atoms with Gasteiger partial charge in [0.1, 0.15) is 5.75 Å². The van der Waals surface area contributed by atoms with Crippen molar-refractivity contribution in [1.29, 1.82) is 0 Å². The number of aromatic nitrogens is 1. The van der Waals surface area contributed by atoms with Crippen LogP contribution in [0.2, 0.25) is 0 Å². The second-order valence-electron chi connectivity index (χ2n) is 6.97. The molecule has 0 fully saturated rings. The predicted molar refractivity (Wildman–Crippen MR) is 124 cm³/mol. The highest BCUT2D eigenvalue weighted by Crippen LogP contribution is 2.34. The number of nitrogens with one attached hydrogen (secondary N) is 2. The monoisotopic (exact) mass is 445 g/mol. The highest BCUT2D eigenvalue weighted by atomic mass is 32.1. The fourth-order valence-corrected chi connectivity index (χ4v) is 4.06. The Morgan fingerprint density at radius 3 is 2.81 bits per heavy atom. The van der Waals surface area contributed by atoms with Crippen molar-refractivity contribution in [3.8, 4) is 28.5 Å². The third kappa shape index (κ3) is 4.08. The minimum absolute atomic E-state index is 0.171. The average Bonchev–Trinajstić information content (AvgIpc) is 3.48. The summed E-state index contributed by atoms with van der Waals surface area (Å²) in [7, 11) is 1.64. The van der Waals surface area contributed by atoms with Gasteiger partial charge < -0.3 is 24.8 Å². The largest absolute Gasteiger partial charge is 0.495 e. The Kier molecular flexibility index (Phi) is 5.35. The summed E-state index contributed by atoms with van der Waals surface area (Å²) in [4.78, 5) is 17.4. The molecule has 0 atom stereocenters. The van der Waals surface area contributed by atoms with Gasteiger partial charge in [-0.15, -0.1) is 11.3 Å². The molecule has 0 bridgehead atoms. The van der Waals surface area contributed by atoms with E-state index in [1.165, 1.54) is 11.3 Å². The van der Waals surface area contributed by atoms with Gasteiger partial charge in [0.15, 0.2) is 16.6 Å². The number of carbonyl (C=O) groups is 1. The van der Waals surface area contributed by atoms with Crippen LogP contribution in [0.3, 0.4) is 0 Å². The molecule has 1 amide bonds. The van der Waals surface area contributed by atoms with Gasteiger partial charge in [-0.3, -0.25) is 4.79 Å². The van der Waals surface area contributed by atoms with E-state index in [4.69, 9.17) is 14.2 Å². The Morgan fingerprint density at radius 2 is 1.91 bits per heavy atom. The summed E-state index contributed by atoms with van der Waals surface area (Å²) < 4.78 is 16.0. The second-order valence-corrected chi connectivity index (χ2v) is 7.82. The van der Waals surface area contributed by atoms with Crippen LogP contribution in [0.4, 0.5) is 16.5 Å². The van der Waals surface area contributed by atoms with Crippen molar-refractivity contribution in [2.24, 2.45) is 0 Å². The average molecular weight is 446 g/mol. The van der Waals surface area contributed by atoms with Gasteiger partial charge in [-0.25, -0.2) is 4.98 Å². The first-order valence-corrected chi connectivity index (χ1v) is 10.7. The molecular weight excluding hydrogens is 426 g/mol. The molecule has 7 nitrogen and oxygen atoms in total. The zero-order valence-electron chi connectivity index (χ0n) is 17.1. The van der Waals surface area contributed by atoms with E-state index in [2.05, 4.69) is 15.6 Å². The molecule has 2 N–H and O–H groups in total. The Balaban J connectivity index is 1.32. The molecule has 0 radical (unpaired) electrons. The topological polar surface area (TPSA) is 81.7 Å². The number of anilines is 3. The summed E-state index contributed by atoms with van der Waals surface area (Å²) in [5.41, 5.74) is 3.74. The normalized spacial score (nSPS) is 11.8. The lowest BCUT2D eigenvalue weighted by atomic mass is 10.1. The lowest BCUT2D eigenvalue weighted by Gasteiger charge is -2.08. The summed E-state index contributed by atoms with van der Waals surface area (Å²) in [6.45, 7) is 0.171. The number of ether oxygens (including phenoxy) is 3. The minimum Gasteiger partial charge on any atom is -0.495 e. The van der Waals surface area contributed by atoms with E-state index in [1.54, 1.807) is 25.3 Å². The summed E-state index contributed by atoms with van der Waals surface area (Å²) >= 11 is 1.50. The number of methoxy groups -OCH3 is 1. The summed E-state index contributed by atoms with van der Waals surface area (Å²) in [6.07, 6.45) is 0. The zero-order valence-corrected chi connectivity index (χ0v) is 17.9. The van der Waals surface area contributed by atoms with Crippen LogP contribution in [0.5, 0.6) is 17.2 Å². The van der Waals surface area contributed by atoms with Crippen molar-refractivity contribution in [3.05, 3.63) is 77.7 Å². The van der Waals surface area contributed by atoms with Gasteiger partial charge in [0.2, 0.25) is 6.79 Å². The van der Waals surface area contributed by atoms with Crippen LogP contribution < -0.4 is 24.8 Å². The first kappa shape index (κ1) is 19.9. The van der Waals surface area contributed by atoms with Crippen LogP contribution in [0.25, 0.3) is 11.3 Å². The number of hydrogen-bond donors (Lipinski definition) is 2. The summed E-state index contributed by atoms with van der Waals surface area (Å²) in [5, 5.41) is 8.94. The Morgan fingerprint density at radius 1 is 1.03 bits per heavy atom. The number of benzene rings is 3. The van der Waals surface area contributed by atoms with Gasteiger partial charge in [0, 0.05) is 22.2 Å². The number of nitrogens with zero attached hydrogens (tertiary/aromatic N) is 1. The molecule has 0 unspecified atom stereocenters. The van der Waals surface area contributed by atoms with Crippen LogP contribution in [-0.4, -0.2) is 24.8 Å². The van der Waals surface area contributed by atoms with Crippen molar-refractivity contribution in [2.45, 2.75) is 0 Å². The maximum Gasteiger partial charge on any atom is 0.255 e. The van der Waals surface area contributed by atoms with Crippen molar-refractivity contribution in [3.63, 3.8) is 0 Å². The second kappa shape index (κ2) is 8.60. The molecule has 1 aliphatic heterocycles. The SMILES string of the molecule is COc1ccccc1Nc1nc(-c2cccc(NC(=O)c3ccc4c(c3)OCO4)c2)cs1. The molecule has 3 aromatic carbocycles. The lowest BCUT2D eigenvalue weighted by Crippen LogP contribution is -2.11. The molecular formula is C24H19N3O4S. The molecule has 8 heteroatoms. The highest BCUT2D eigenvalue weighted by Gasteiger charge is 2.16. The van der Waals surface area contributed by atoms with E-state index >= 15 is 0 Å². The lowest BCUT2D eigenvalue weighted by molar-refractivity contribution is 0.102. The van der Waals surface area contributed by atoms with Crippen LogP contribution in [-0.2, 0) is 0 Å². The van der Waals surface area contributed by atoms with Gasteiger partial charge in [-0.2, -0.15) is 0 Å². The number of fused-ring (bicyclic) bond motifs is 1. The fraction of sp³-hybridized carbons (Fsp3) is 0.0833. The van der Waals surface area contributed by atoms with Gasteiger partial charge in [-0.1, -0.05) is 24.3 Å². The Bertz CT molecular complexity index is 1290. The fourth-order valence-electron chi connectivity index (χ4n) is 3.32. The third-order valence-corrected chi connectivity index (χ3v) is 5.66. The number of hydrogen-bond acceptors (Lipinski definition) is 7. The van der Waals surface area contributed by atoms with E-state index in [9.17, 15) is 4.79 Å². The predicted octanol–water partition coefficient (Wildman–Crippen LogP) is 5.54. The zero-order chi connectivity index (χ0) is 21.9. The number of carbonyl (C=O) groups excluding carboxylic acids is 1. The van der Waals surface area contributed by atoms with Crippen molar-refractivity contribution >= 4 is 33.8 Å². The quantitative estimate of drug-likeness (QED) is 0.405.